The Bertz CT molecular complexity index is 922. The van der Waals surface area contributed by atoms with Crippen molar-refractivity contribution >= 4 is 11.8 Å². The Morgan fingerprint density at radius 3 is 1.10 bits per heavy atom. The molecule has 0 bridgehead atoms. The Morgan fingerprint density at radius 1 is 0.516 bits per heavy atom. The van der Waals surface area contributed by atoms with Crippen LogP contribution in [0, 0.1) is 0 Å². The van der Waals surface area contributed by atoms with Crippen molar-refractivity contribution in [1.82, 2.24) is 9.80 Å². The van der Waals surface area contributed by atoms with Crippen molar-refractivity contribution in [3.8, 4) is 0 Å². The van der Waals surface area contributed by atoms with Crippen LogP contribution in [0.25, 0.3) is 0 Å². The normalized spacial score (nSPS) is 12.8. The van der Waals surface area contributed by atoms with Gasteiger partial charge in [-0.05, 0) is 16.7 Å². The fourth-order valence-corrected chi connectivity index (χ4v) is 4.14. The predicted molar refractivity (Wildman–Crippen MR) is 125 cm³/mol. The molecule has 0 aliphatic rings. The summed E-state index contributed by atoms with van der Waals surface area (Å²) in [5.41, 5.74) is 2.78. The molecule has 31 heavy (non-hydrogen) atoms. The lowest BCUT2D eigenvalue weighted by molar-refractivity contribution is -0.133. The SMILES string of the molecule is CN(C)C(=O)[C@H](c1ccccc1)C(c1ccccc1)[C@H](C(=O)N(C)C)c1ccccc1. The molecule has 0 fully saturated rings. The number of amides is 2. The lowest BCUT2D eigenvalue weighted by Crippen LogP contribution is -2.39. The van der Waals surface area contributed by atoms with Gasteiger partial charge in [-0.3, -0.25) is 9.59 Å². The van der Waals surface area contributed by atoms with E-state index in [1.807, 2.05) is 91.0 Å². The Hall–Kier alpha value is -3.40. The maximum atomic E-state index is 13.6. The molecule has 2 amide bonds. The molecule has 160 valence electrons. The summed E-state index contributed by atoms with van der Waals surface area (Å²) in [7, 11) is 7.08. The van der Waals surface area contributed by atoms with Crippen LogP contribution in [0.5, 0.6) is 0 Å². The number of hydrogen-bond acceptors (Lipinski definition) is 2. The quantitative estimate of drug-likeness (QED) is 0.571. The molecule has 2 atom stereocenters. The third-order valence-electron chi connectivity index (χ3n) is 5.63. The van der Waals surface area contributed by atoms with Gasteiger partial charge in [-0.2, -0.15) is 0 Å². The highest BCUT2D eigenvalue weighted by atomic mass is 16.2. The molecule has 0 saturated carbocycles. The smallest absolute Gasteiger partial charge is 0.230 e. The van der Waals surface area contributed by atoms with Gasteiger partial charge in [0.25, 0.3) is 0 Å². The first-order valence-corrected chi connectivity index (χ1v) is 10.5. The van der Waals surface area contributed by atoms with Crippen LogP contribution in [0.2, 0.25) is 0 Å². The first-order valence-electron chi connectivity index (χ1n) is 10.5. The van der Waals surface area contributed by atoms with Gasteiger partial charge in [-0.25, -0.2) is 0 Å². The summed E-state index contributed by atoms with van der Waals surface area (Å²) in [5.74, 6) is -1.42. The van der Waals surface area contributed by atoms with Gasteiger partial charge in [0.1, 0.15) is 0 Å². The molecule has 3 rings (SSSR count). The summed E-state index contributed by atoms with van der Waals surface area (Å²) >= 11 is 0. The van der Waals surface area contributed by atoms with Gasteiger partial charge in [-0.15, -0.1) is 0 Å². The fraction of sp³-hybridized carbons (Fsp3) is 0.259. The molecule has 0 aliphatic heterocycles. The lowest BCUT2D eigenvalue weighted by atomic mass is 9.70. The highest BCUT2D eigenvalue weighted by Crippen LogP contribution is 2.45. The van der Waals surface area contributed by atoms with Crippen LogP contribution in [-0.2, 0) is 9.59 Å². The second kappa shape index (κ2) is 10.1. The molecule has 0 heterocycles. The number of nitrogens with zero attached hydrogens (tertiary/aromatic N) is 2. The van der Waals surface area contributed by atoms with Crippen LogP contribution in [0.15, 0.2) is 91.0 Å². The van der Waals surface area contributed by atoms with Crippen molar-refractivity contribution < 1.29 is 9.59 Å². The van der Waals surface area contributed by atoms with E-state index >= 15 is 0 Å². The third-order valence-corrected chi connectivity index (χ3v) is 5.63. The van der Waals surface area contributed by atoms with E-state index in [1.54, 1.807) is 38.0 Å². The Labute approximate surface area is 185 Å². The van der Waals surface area contributed by atoms with Gasteiger partial charge in [0.2, 0.25) is 11.8 Å². The van der Waals surface area contributed by atoms with Crippen molar-refractivity contribution in [3.05, 3.63) is 108 Å². The van der Waals surface area contributed by atoms with Crippen LogP contribution in [0.4, 0.5) is 0 Å². The topological polar surface area (TPSA) is 40.6 Å². The molecular formula is C27H30N2O2. The minimum Gasteiger partial charge on any atom is -0.348 e. The Balaban J connectivity index is 2.29. The molecule has 3 aromatic carbocycles. The number of rotatable bonds is 7. The molecular weight excluding hydrogens is 384 g/mol. The summed E-state index contributed by atoms with van der Waals surface area (Å²) in [5, 5.41) is 0. The van der Waals surface area contributed by atoms with Gasteiger partial charge >= 0.3 is 0 Å². The number of carbonyl (C=O) groups excluding carboxylic acids is 2. The van der Waals surface area contributed by atoms with Crippen LogP contribution in [-0.4, -0.2) is 49.8 Å². The maximum Gasteiger partial charge on any atom is 0.230 e. The van der Waals surface area contributed by atoms with E-state index in [2.05, 4.69) is 0 Å². The number of likely N-dealkylation sites (N-methyl/N-ethyl adjacent to an activating group) is 2. The van der Waals surface area contributed by atoms with E-state index in [1.165, 1.54) is 0 Å². The van der Waals surface area contributed by atoms with E-state index in [4.69, 9.17) is 0 Å². The zero-order chi connectivity index (χ0) is 22.4. The molecule has 0 aromatic heterocycles. The maximum absolute atomic E-state index is 13.6. The van der Waals surface area contributed by atoms with Gasteiger partial charge in [0, 0.05) is 34.1 Å². The van der Waals surface area contributed by atoms with E-state index in [-0.39, 0.29) is 17.7 Å². The second-order valence-corrected chi connectivity index (χ2v) is 8.18. The zero-order valence-corrected chi connectivity index (χ0v) is 18.6. The molecule has 0 saturated heterocycles. The van der Waals surface area contributed by atoms with Crippen LogP contribution >= 0.6 is 0 Å². The van der Waals surface area contributed by atoms with E-state index in [0.29, 0.717) is 0 Å². The average molecular weight is 415 g/mol. The monoisotopic (exact) mass is 414 g/mol. The summed E-state index contributed by atoms with van der Waals surface area (Å²) in [6.07, 6.45) is 0. The summed E-state index contributed by atoms with van der Waals surface area (Å²) in [6, 6.07) is 29.5. The first-order chi connectivity index (χ1) is 14.9. The highest BCUT2D eigenvalue weighted by Gasteiger charge is 2.41. The van der Waals surface area contributed by atoms with Gasteiger partial charge in [0.05, 0.1) is 11.8 Å². The van der Waals surface area contributed by atoms with Crippen molar-refractivity contribution in [2.45, 2.75) is 17.8 Å². The van der Waals surface area contributed by atoms with E-state index in [0.717, 1.165) is 16.7 Å². The molecule has 0 N–H and O–H groups in total. The van der Waals surface area contributed by atoms with Crippen LogP contribution < -0.4 is 0 Å². The van der Waals surface area contributed by atoms with E-state index in [9.17, 15) is 9.59 Å². The van der Waals surface area contributed by atoms with Crippen molar-refractivity contribution in [2.75, 3.05) is 28.2 Å². The molecule has 0 spiro atoms. The standard InChI is InChI=1S/C27H30N2O2/c1-28(2)26(30)24(21-16-10-6-11-17-21)23(20-14-8-5-9-15-20)25(27(31)29(3)4)22-18-12-7-13-19-22/h5-19,23-25H,1-4H3/t24-,25-/m1/s1. The van der Waals surface area contributed by atoms with Gasteiger partial charge in [-0.1, -0.05) is 91.0 Å². The van der Waals surface area contributed by atoms with Gasteiger partial charge < -0.3 is 9.80 Å². The van der Waals surface area contributed by atoms with Crippen molar-refractivity contribution in [3.63, 3.8) is 0 Å². The number of carbonyl (C=O) groups is 2. The zero-order valence-electron chi connectivity index (χ0n) is 18.6. The molecule has 3 aromatic rings. The van der Waals surface area contributed by atoms with Gasteiger partial charge in [0.15, 0.2) is 0 Å². The van der Waals surface area contributed by atoms with Crippen LogP contribution in [0.3, 0.4) is 0 Å². The van der Waals surface area contributed by atoms with Crippen LogP contribution in [0.1, 0.15) is 34.4 Å². The molecule has 0 unspecified atom stereocenters. The molecule has 0 radical (unpaired) electrons. The number of benzene rings is 3. The largest absolute Gasteiger partial charge is 0.348 e. The first kappa shape index (κ1) is 22.3. The fourth-order valence-electron chi connectivity index (χ4n) is 4.14. The van der Waals surface area contributed by atoms with Crippen molar-refractivity contribution in [2.24, 2.45) is 0 Å². The minimum atomic E-state index is -0.507. The third kappa shape index (κ3) is 5.02. The minimum absolute atomic E-state index is 0.0208. The molecule has 0 aliphatic carbocycles. The average Bonchev–Trinajstić information content (AvgIpc) is 2.80. The summed E-state index contributed by atoms with van der Waals surface area (Å²) < 4.78 is 0. The molecule has 4 heteroatoms. The predicted octanol–water partition coefficient (Wildman–Crippen LogP) is 4.51. The Kier molecular flexibility index (Phi) is 7.24. The highest BCUT2D eigenvalue weighted by molar-refractivity contribution is 5.89. The summed E-state index contributed by atoms with van der Waals surface area (Å²) in [6.45, 7) is 0. The number of hydrogen-bond donors (Lipinski definition) is 0. The lowest BCUT2D eigenvalue weighted by Gasteiger charge is -2.36. The second-order valence-electron chi connectivity index (χ2n) is 8.18. The Morgan fingerprint density at radius 2 is 0.806 bits per heavy atom. The van der Waals surface area contributed by atoms with Crippen molar-refractivity contribution in [1.29, 1.82) is 0 Å². The summed E-state index contributed by atoms with van der Waals surface area (Å²) in [4.78, 5) is 30.4. The molecule has 4 nitrogen and oxygen atoms in total. The van der Waals surface area contributed by atoms with E-state index < -0.39 is 11.8 Å².